The summed E-state index contributed by atoms with van der Waals surface area (Å²) in [5.74, 6) is -0.742. The van der Waals surface area contributed by atoms with Crippen LogP contribution in [0, 0.1) is 5.92 Å². The summed E-state index contributed by atoms with van der Waals surface area (Å²) >= 11 is 1.39. The van der Waals surface area contributed by atoms with Crippen molar-refractivity contribution in [1.29, 1.82) is 0 Å². The number of carbonyl (C=O) groups excluding carboxylic acids is 2. The van der Waals surface area contributed by atoms with Gasteiger partial charge in [-0.25, -0.2) is 4.79 Å². The molecule has 2 N–H and O–H groups in total. The van der Waals surface area contributed by atoms with Crippen molar-refractivity contribution in [3.8, 4) is 11.5 Å². The first-order chi connectivity index (χ1) is 14.4. The van der Waals surface area contributed by atoms with E-state index < -0.39 is 39.7 Å². The van der Waals surface area contributed by atoms with Crippen LogP contribution in [0.5, 0.6) is 11.5 Å². The average Bonchev–Trinajstić information content (AvgIpc) is 2.93. The van der Waals surface area contributed by atoms with Gasteiger partial charge in [0.1, 0.15) is 17.5 Å². The Labute approximate surface area is 186 Å². The summed E-state index contributed by atoms with van der Waals surface area (Å²) < 4.78 is 10.8. The molecule has 2 saturated heterocycles. The molecule has 0 radical (unpaired) electrons. The maximum absolute atomic E-state index is 13.3. The lowest BCUT2D eigenvalue weighted by molar-refractivity contribution is -0.162. The van der Waals surface area contributed by atoms with Crippen molar-refractivity contribution in [1.82, 2.24) is 10.2 Å². The summed E-state index contributed by atoms with van der Waals surface area (Å²) in [5, 5.41) is 12.0. The number of rotatable bonds is 8. The Morgan fingerprint density at radius 2 is 1.90 bits per heavy atom. The predicted molar refractivity (Wildman–Crippen MR) is 117 cm³/mol. The van der Waals surface area contributed by atoms with E-state index in [1.807, 2.05) is 19.9 Å². The number of nitrogens with zero attached hydrogens (tertiary/aromatic N) is 1. The molecule has 0 spiro atoms. The minimum absolute atomic E-state index is 0.148. The molecule has 2 heterocycles. The van der Waals surface area contributed by atoms with Gasteiger partial charge in [0.05, 0.1) is 7.11 Å². The number of hydrogen-bond acceptors (Lipinski definition) is 6. The van der Waals surface area contributed by atoms with Crippen molar-refractivity contribution in [2.24, 2.45) is 5.92 Å². The van der Waals surface area contributed by atoms with Gasteiger partial charge in [0.2, 0.25) is 5.91 Å². The number of methoxy groups -OCH3 is 1. The molecule has 0 aliphatic carbocycles. The van der Waals surface area contributed by atoms with Gasteiger partial charge in [-0.15, -0.1) is 11.8 Å². The van der Waals surface area contributed by atoms with E-state index in [1.165, 1.54) is 23.8 Å². The third kappa shape index (κ3) is 4.20. The molecular formula is C22H30N2O6S. The number of benzene rings is 1. The van der Waals surface area contributed by atoms with Crippen molar-refractivity contribution in [2.75, 3.05) is 7.11 Å². The Kier molecular flexibility index (Phi) is 6.19. The number of thioether (sulfide) groups is 1. The molecule has 0 saturated carbocycles. The number of carboxylic acid groups (broad SMARTS) is 1. The van der Waals surface area contributed by atoms with Crippen LogP contribution >= 0.6 is 11.8 Å². The van der Waals surface area contributed by atoms with Crippen LogP contribution in [0.1, 0.15) is 41.0 Å². The minimum Gasteiger partial charge on any atom is -0.493 e. The second-order valence-corrected chi connectivity index (χ2v) is 10.9. The highest BCUT2D eigenvalue weighted by atomic mass is 32.2. The van der Waals surface area contributed by atoms with Gasteiger partial charge in [0.15, 0.2) is 17.1 Å². The maximum Gasteiger partial charge on any atom is 0.327 e. The Bertz CT molecular complexity index is 889. The summed E-state index contributed by atoms with van der Waals surface area (Å²) in [6.07, 6.45) is 0.419. The number of hydrogen-bond donors (Lipinski definition) is 2. The lowest BCUT2D eigenvalue weighted by atomic mass is 9.91. The number of β-lactam (4-membered cyclic amide) rings is 1. The molecule has 2 aliphatic heterocycles. The molecule has 31 heavy (non-hydrogen) atoms. The third-order valence-electron chi connectivity index (χ3n) is 5.64. The topological polar surface area (TPSA) is 105 Å². The number of carbonyl (C=O) groups is 3. The zero-order chi connectivity index (χ0) is 23.1. The van der Waals surface area contributed by atoms with Crippen LogP contribution in [-0.4, -0.2) is 62.7 Å². The first-order valence-electron chi connectivity index (χ1n) is 10.3. The number of nitrogens with one attached hydrogen (secondary N) is 1. The molecule has 0 aromatic heterocycles. The molecule has 0 bridgehead atoms. The van der Waals surface area contributed by atoms with Crippen LogP contribution in [0.25, 0.3) is 0 Å². The molecule has 8 nitrogen and oxygen atoms in total. The second kappa shape index (κ2) is 8.26. The zero-order valence-electron chi connectivity index (χ0n) is 18.7. The number of amides is 2. The Morgan fingerprint density at radius 1 is 1.29 bits per heavy atom. The van der Waals surface area contributed by atoms with Crippen LogP contribution in [0.2, 0.25) is 0 Å². The molecule has 3 rings (SSSR count). The molecule has 4 atom stereocenters. The molecule has 1 aromatic carbocycles. The van der Waals surface area contributed by atoms with Crippen molar-refractivity contribution >= 4 is 29.5 Å². The fraction of sp³-hybridized carbons (Fsp3) is 0.591. The van der Waals surface area contributed by atoms with Crippen LogP contribution in [0.4, 0.5) is 0 Å². The van der Waals surface area contributed by atoms with Gasteiger partial charge in [-0.3, -0.25) is 9.59 Å². The summed E-state index contributed by atoms with van der Waals surface area (Å²) in [4.78, 5) is 39.2. The molecule has 170 valence electrons. The molecule has 1 unspecified atom stereocenters. The monoisotopic (exact) mass is 450 g/mol. The lowest BCUT2D eigenvalue weighted by Gasteiger charge is -2.44. The highest BCUT2D eigenvalue weighted by Crippen LogP contribution is 2.50. The molecule has 9 heteroatoms. The zero-order valence-corrected chi connectivity index (χ0v) is 19.5. The van der Waals surface area contributed by atoms with Crippen molar-refractivity contribution in [2.45, 2.75) is 68.8 Å². The predicted octanol–water partition coefficient (Wildman–Crippen LogP) is 2.51. The van der Waals surface area contributed by atoms with E-state index in [0.29, 0.717) is 17.9 Å². The van der Waals surface area contributed by atoms with Crippen LogP contribution < -0.4 is 14.8 Å². The van der Waals surface area contributed by atoms with Crippen LogP contribution in [0.3, 0.4) is 0 Å². The minimum atomic E-state index is -1.24. The number of para-hydroxylation sites is 2. The fourth-order valence-corrected chi connectivity index (χ4v) is 5.97. The van der Waals surface area contributed by atoms with Gasteiger partial charge < -0.3 is 24.8 Å². The third-order valence-corrected chi connectivity index (χ3v) is 7.22. The smallest absolute Gasteiger partial charge is 0.327 e. The Balaban J connectivity index is 1.81. The van der Waals surface area contributed by atoms with Gasteiger partial charge in [-0.05, 0) is 45.2 Å². The molecule has 2 amide bonds. The molecule has 2 fully saturated rings. The van der Waals surface area contributed by atoms with Gasteiger partial charge in [0.25, 0.3) is 5.91 Å². The van der Waals surface area contributed by atoms with E-state index >= 15 is 0 Å². The van der Waals surface area contributed by atoms with E-state index in [1.54, 1.807) is 39.0 Å². The van der Waals surface area contributed by atoms with E-state index in [2.05, 4.69) is 5.32 Å². The molecular weight excluding hydrogens is 420 g/mol. The highest BCUT2D eigenvalue weighted by molar-refractivity contribution is 8.01. The quantitative estimate of drug-likeness (QED) is 0.586. The van der Waals surface area contributed by atoms with Gasteiger partial charge >= 0.3 is 5.97 Å². The summed E-state index contributed by atoms with van der Waals surface area (Å²) in [6.45, 7) is 9.27. The van der Waals surface area contributed by atoms with E-state index in [9.17, 15) is 19.5 Å². The second-order valence-electron chi connectivity index (χ2n) is 9.13. The Morgan fingerprint density at radius 3 is 2.45 bits per heavy atom. The number of ether oxygens (including phenoxy) is 2. The van der Waals surface area contributed by atoms with Crippen molar-refractivity contribution in [3.63, 3.8) is 0 Å². The van der Waals surface area contributed by atoms with E-state index in [0.717, 1.165) is 0 Å². The van der Waals surface area contributed by atoms with E-state index in [4.69, 9.17) is 9.47 Å². The van der Waals surface area contributed by atoms with Gasteiger partial charge in [-0.1, -0.05) is 26.0 Å². The first kappa shape index (κ1) is 23.2. The van der Waals surface area contributed by atoms with Crippen LogP contribution in [0.15, 0.2) is 24.3 Å². The molecule has 1 aromatic rings. The highest BCUT2D eigenvalue weighted by Gasteiger charge is 2.64. The van der Waals surface area contributed by atoms with Crippen molar-refractivity contribution in [3.05, 3.63) is 24.3 Å². The molecule has 2 aliphatic rings. The lowest BCUT2D eigenvalue weighted by Crippen LogP contribution is -2.72. The summed E-state index contributed by atoms with van der Waals surface area (Å²) in [6, 6.07) is 5.38. The van der Waals surface area contributed by atoms with Gasteiger partial charge in [-0.2, -0.15) is 0 Å². The first-order valence-corrected chi connectivity index (χ1v) is 11.1. The number of carboxylic acids is 1. The Hall–Kier alpha value is -2.42. The number of aliphatic carboxylic acids is 1. The summed E-state index contributed by atoms with van der Waals surface area (Å²) in [7, 11) is 1.53. The standard InChI is InChI=1S/C22H30N2O6S/c1-12(2)11-22(5,30-14-10-8-7-9-13(14)29-6)20(28)23-15-17(25)24-16(19(26)27)21(3,4)31-18(15)24/h7-10,12,15-16,18H,11H2,1-6H3,(H,23,28)(H,26,27)/t15-,16+,18-,22?/m1/s1. The van der Waals surface area contributed by atoms with Crippen molar-refractivity contribution < 1.29 is 29.0 Å². The van der Waals surface area contributed by atoms with E-state index in [-0.39, 0.29) is 11.8 Å². The number of fused-ring (bicyclic) bond motifs is 1. The summed E-state index contributed by atoms with van der Waals surface area (Å²) in [5.41, 5.74) is -1.24. The van der Waals surface area contributed by atoms with Gasteiger partial charge in [0, 0.05) is 4.75 Å². The maximum atomic E-state index is 13.3. The largest absolute Gasteiger partial charge is 0.493 e. The normalized spacial score (nSPS) is 26.0. The fourth-order valence-electron chi connectivity index (χ4n) is 4.34. The average molecular weight is 451 g/mol. The SMILES string of the molecule is COc1ccccc1OC(C)(CC(C)C)C(=O)N[C@@H]1C(=O)N2[C@@H]1SC(C)(C)[C@@H]2C(=O)O. The van der Waals surface area contributed by atoms with Crippen LogP contribution in [-0.2, 0) is 14.4 Å².